The van der Waals surface area contributed by atoms with Crippen LogP contribution in [0.15, 0.2) is 34.4 Å². The quantitative estimate of drug-likeness (QED) is 0.760. The van der Waals surface area contributed by atoms with E-state index in [1.807, 2.05) is 17.5 Å². The number of nitrogens with zero attached hydrogens (tertiary/aromatic N) is 4. The molecule has 0 aliphatic rings. The Hall–Kier alpha value is -2.15. The van der Waals surface area contributed by atoms with Gasteiger partial charge < -0.3 is 10.2 Å². The first-order valence-electron chi connectivity index (χ1n) is 4.95. The van der Waals surface area contributed by atoms with E-state index in [9.17, 15) is 0 Å². The van der Waals surface area contributed by atoms with E-state index in [2.05, 4.69) is 15.3 Å². The monoisotopic (exact) mass is 247 g/mol. The lowest BCUT2D eigenvalue weighted by atomic mass is 10.4. The van der Waals surface area contributed by atoms with Gasteiger partial charge in [0.15, 0.2) is 5.82 Å². The van der Waals surface area contributed by atoms with Crippen molar-refractivity contribution in [3.05, 3.63) is 35.7 Å². The second-order valence-corrected chi connectivity index (χ2v) is 4.41. The van der Waals surface area contributed by atoms with Crippen LogP contribution < -0.4 is 5.73 Å². The largest absolute Gasteiger partial charge is 0.443 e. The van der Waals surface area contributed by atoms with E-state index in [-0.39, 0.29) is 0 Å². The minimum Gasteiger partial charge on any atom is -0.443 e. The standard InChI is InChI=1S/C10H9N5OS/c11-9-5-15(14-13-9)4-7-6-16-10(12-7)8-2-1-3-17-8/h1-3,5-6H,4,11H2. The maximum atomic E-state index is 5.48. The molecule has 3 heterocycles. The molecule has 0 aliphatic heterocycles. The summed E-state index contributed by atoms with van der Waals surface area (Å²) in [4.78, 5) is 5.38. The molecule has 0 atom stereocenters. The third-order valence-corrected chi connectivity index (χ3v) is 3.02. The fourth-order valence-electron chi connectivity index (χ4n) is 1.45. The number of hydrogen-bond donors (Lipinski definition) is 1. The van der Waals surface area contributed by atoms with E-state index in [1.54, 1.807) is 28.5 Å². The van der Waals surface area contributed by atoms with Gasteiger partial charge in [-0.15, -0.1) is 16.4 Å². The second kappa shape index (κ2) is 4.02. The van der Waals surface area contributed by atoms with Gasteiger partial charge >= 0.3 is 0 Å². The Morgan fingerprint density at radius 2 is 2.41 bits per heavy atom. The fraction of sp³-hybridized carbons (Fsp3) is 0.100. The maximum Gasteiger partial charge on any atom is 0.236 e. The average molecular weight is 247 g/mol. The minimum absolute atomic E-state index is 0.395. The number of thiophene rings is 1. The van der Waals surface area contributed by atoms with Crippen molar-refractivity contribution in [1.82, 2.24) is 20.0 Å². The lowest BCUT2D eigenvalue weighted by Gasteiger charge is -1.93. The molecule has 17 heavy (non-hydrogen) atoms. The molecule has 0 saturated carbocycles. The lowest BCUT2D eigenvalue weighted by molar-refractivity contribution is 0.569. The van der Waals surface area contributed by atoms with Gasteiger partial charge in [0.05, 0.1) is 17.6 Å². The highest BCUT2D eigenvalue weighted by atomic mass is 32.1. The molecule has 0 bridgehead atoms. The summed E-state index contributed by atoms with van der Waals surface area (Å²) in [6, 6.07) is 3.93. The predicted octanol–water partition coefficient (Wildman–Crippen LogP) is 1.63. The van der Waals surface area contributed by atoms with Crippen molar-refractivity contribution < 1.29 is 4.42 Å². The molecule has 0 amide bonds. The molecule has 6 nitrogen and oxygen atoms in total. The molecule has 0 spiro atoms. The molecule has 0 aliphatic carbocycles. The molecule has 0 aromatic carbocycles. The number of nitrogens with two attached hydrogens (primary N) is 1. The van der Waals surface area contributed by atoms with Crippen molar-refractivity contribution in [2.75, 3.05) is 5.73 Å². The minimum atomic E-state index is 0.395. The van der Waals surface area contributed by atoms with E-state index in [1.165, 1.54) is 0 Å². The van der Waals surface area contributed by atoms with E-state index < -0.39 is 0 Å². The molecule has 2 N–H and O–H groups in total. The highest BCUT2D eigenvalue weighted by Crippen LogP contribution is 2.23. The van der Waals surface area contributed by atoms with E-state index in [0.29, 0.717) is 18.3 Å². The van der Waals surface area contributed by atoms with Crippen LogP contribution in [0.4, 0.5) is 5.82 Å². The Morgan fingerprint density at radius 1 is 1.47 bits per heavy atom. The zero-order valence-corrected chi connectivity index (χ0v) is 9.59. The van der Waals surface area contributed by atoms with Crippen molar-refractivity contribution in [3.63, 3.8) is 0 Å². The van der Waals surface area contributed by atoms with Crippen LogP contribution >= 0.6 is 11.3 Å². The van der Waals surface area contributed by atoms with Gasteiger partial charge in [-0.2, -0.15) is 0 Å². The number of anilines is 1. The van der Waals surface area contributed by atoms with Crippen LogP contribution in [0.5, 0.6) is 0 Å². The number of nitrogen functional groups attached to an aromatic ring is 1. The summed E-state index contributed by atoms with van der Waals surface area (Å²) in [5.41, 5.74) is 6.27. The number of hydrogen-bond acceptors (Lipinski definition) is 6. The van der Waals surface area contributed by atoms with Crippen LogP contribution in [0.2, 0.25) is 0 Å². The van der Waals surface area contributed by atoms with Crippen LogP contribution in [-0.2, 0) is 6.54 Å². The predicted molar refractivity (Wildman–Crippen MR) is 63.4 cm³/mol. The summed E-state index contributed by atoms with van der Waals surface area (Å²) in [6.07, 6.45) is 3.27. The third-order valence-electron chi connectivity index (χ3n) is 2.16. The average Bonchev–Trinajstić information content (AvgIpc) is 3.00. The van der Waals surface area contributed by atoms with Crippen molar-refractivity contribution in [3.8, 4) is 10.8 Å². The van der Waals surface area contributed by atoms with Gasteiger partial charge in [-0.25, -0.2) is 9.67 Å². The Kier molecular flexibility index (Phi) is 2.37. The first-order valence-corrected chi connectivity index (χ1v) is 5.83. The van der Waals surface area contributed by atoms with Gasteiger partial charge in [0, 0.05) is 0 Å². The summed E-state index contributed by atoms with van der Waals surface area (Å²) < 4.78 is 7.01. The van der Waals surface area contributed by atoms with E-state index in [0.717, 1.165) is 10.6 Å². The van der Waals surface area contributed by atoms with Gasteiger partial charge in [0.25, 0.3) is 0 Å². The molecule has 86 valence electrons. The topological polar surface area (TPSA) is 82.8 Å². The maximum absolute atomic E-state index is 5.48. The van der Waals surface area contributed by atoms with Crippen LogP contribution in [0.1, 0.15) is 5.69 Å². The Morgan fingerprint density at radius 3 is 3.12 bits per heavy atom. The molecule has 3 aromatic rings. The lowest BCUT2D eigenvalue weighted by Crippen LogP contribution is -2.00. The van der Waals surface area contributed by atoms with Gasteiger partial charge in [0.2, 0.25) is 5.89 Å². The number of oxazole rings is 1. The summed E-state index contributed by atoms with van der Waals surface area (Å²) in [6.45, 7) is 0.499. The van der Waals surface area contributed by atoms with Gasteiger partial charge in [-0.05, 0) is 11.4 Å². The third kappa shape index (κ3) is 2.04. The molecule has 0 radical (unpaired) electrons. The zero-order valence-electron chi connectivity index (χ0n) is 8.78. The van der Waals surface area contributed by atoms with Crippen molar-refractivity contribution in [2.24, 2.45) is 0 Å². The molecule has 3 aromatic heterocycles. The van der Waals surface area contributed by atoms with Gasteiger partial charge in [-0.1, -0.05) is 11.3 Å². The van der Waals surface area contributed by atoms with Gasteiger partial charge in [0.1, 0.15) is 12.0 Å². The number of aromatic nitrogens is 4. The Labute approximate surface area is 101 Å². The summed E-state index contributed by atoms with van der Waals surface area (Å²) in [7, 11) is 0. The normalized spacial score (nSPS) is 10.8. The van der Waals surface area contributed by atoms with Crippen LogP contribution in [0.3, 0.4) is 0 Å². The molecule has 0 fully saturated rings. The Bertz CT molecular complexity index is 612. The zero-order chi connectivity index (χ0) is 11.7. The highest BCUT2D eigenvalue weighted by Gasteiger charge is 2.08. The van der Waals surface area contributed by atoms with E-state index in [4.69, 9.17) is 10.2 Å². The molecule has 3 rings (SSSR count). The van der Waals surface area contributed by atoms with Crippen molar-refractivity contribution in [1.29, 1.82) is 0 Å². The van der Waals surface area contributed by atoms with Crippen molar-refractivity contribution in [2.45, 2.75) is 6.54 Å². The van der Waals surface area contributed by atoms with Crippen molar-refractivity contribution >= 4 is 17.2 Å². The van der Waals surface area contributed by atoms with Crippen LogP contribution in [0, 0.1) is 0 Å². The molecular weight excluding hydrogens is 238 g/mol. The fourth-order valence-corrected chi connectivity index (χ4v) is 2.11. The summed E-state index contributed by atoms with van der Waals surface area (Å²) in [5, 5.41) is 9.53. The molecule has 7 heteroatoms. The Balaban J connectivity index is 1.81. The van der Waals surface area contributed by atoms with Crippen LogP contribution in [0.25, 0.3) is 10.8 Å². The molecule has 0 unspecified atom stereocenters. The first kappa shape index (κ1) is 10.0. The van der Waals surface area contributed by atoms with Gasteiger partial charge in [-0.3, -0.25) is 0 Å². The van der Waals surface area contributed by atoms with E-state index >= 15 is 0 Å². The summed E-state index contributed by atoms with van der Waals surface area (Å²) >= 11 is 1.59. The second-order valence-electron chi connectivity index (χ2n) is 3.46. The molecule has 0 saturated heterocycles. The summed E-state index contributed by atoms with van der Waals surface area (Å²) in [5.74, 6) is 1.02. The number of rotatable bonds is 3. The SMILES string of the molecule is Nc1cn(Cc2coc(-c3cccs3)n2)nn1. The smallest absolute Gasteiger partial charge is 0.236 e. The molecular formula is C10H9N5OS. The van der Waals surface area contributed by atoms with Crippen LogP contribution in [-0.4, -0.2) is 20.0 Å². The highest BCUT2D eigenvalue weighted by molar-refractivity contribution is 7.13. The first-order chi connectivity index (χ1) is 8.31.